The van der Waals surface area contributed by atoms with Gasteiger partial charge in [-0.1, -0.05) is 23.8 Å². The molecule has 0 radical (unpaired) electrons. The summed E-state index contributed by atoms with van der Waals surface area (Å²) in [6.07, 6.45) is 1.70. The van der Waals surface area contributed by atoms with Crippen molar-refractivity contribution < 1.29 is 9.53 Å². The highest BCUT2D eigenvalue weighted by Gasteiger charge is 2.06. The maximum Gasteiger partial charge on any atom is 0.412 e. The van der Waals surface area contributed by atoms with Crippen LogP contribution in [-0.2, 0) is 0 Å². The first-order chi connectivity index (χ1) is 8.13. The number of hydrogen-bond acceptors (Lipinski definition) is 3. The Morgan fingerprint density at radius 1 is 1.41 bits per heavy atom. The van der Waals surface area contributed by atoms with E-state index in [1.807, 2.05) is 18.2 Å². The minimum atomic E-state index is -0.444. The molecule has 0 saturated heterocycles. The van der Waals surface area contributed by atoms with Gasteiger partial charge in [0.2, 0.25) is 0 Å². The Bertz CT molecular complexity index is 412. The summed E-state index contributed by atoms with van der Waals surface area (Å²) < 4.78 is 5.16. The highest BCUT2D eigenvalue weighted by molar-refractivity contribution is 7.99. The maximum absolute atomic E-state index is 11.2. The van der Waals surface area contributed by atoms with E-state index in [9.17, 15) is 4.79 Å². The maximum atomic E-state index is 11.2. The zero-order valence-corrected chi connectivity index (χ0v) is 11.1. The second-order valence-electron chi connectivity index (χ2n) is 3.68. The first-order valence-corrected chi connectivity index (χ1v) is 6.37. The summed E-state index contributed by atoms with van der Waals surface area (Å²) >= 11 is 1.65. The molecule has 0 unspecified atom stereocenters. The Morgan fingerprint density at radius 2 is 2.12 bits per heavy atom. The molecule has 1 rings (SSSR count). The van der Waals surface area contributed by atoms with Gasteiger partial charge < -0.3 is 10.1 Å². The van der Waals surface area contributed by atoms with Crippen LogP contribution in [0.3, 0.4) is 0 Å². The molecule has 0 atom stereocenters. The first-order valence-electron chi connectivity index (χ1n) is 5.38. The van der Waals surface area contributed by atoms with E-state index in [4.69, 9.17) is 4.74 Å². The summed E-state index contributed by atoms with van der Waals surface area (Å²) in [6, 6.07) is 7.52. The summed E-state index contributed by atoms with van der Waals surface area (Å²) in [6.45, 7) is 4.13. The molecular formula is C13H17NO2S. The number of amides is 1. The lowest BCUT2D eigenvalue weighted by Gasteiger charge is -2.08. The molecule has 0 spiro atoms. The lowest BCUT2D eigenvalue weighted by atomic mass is 10.3. The predicted octanol–water partition coefficient (Wildman–Crippen LogP) is 3.46. The van der Waals surface area contributed by atoms with E-state index in [0.29, 0.717) is 5.75 Å². The minimum absolute atomic E-state index is 0.444. The van der Waals surface area contributed by atoms with Gasteiger partial charge in [-0.2, -0.15) is 0 Å². The number of nitrogens with one attached hydrogen (secondary N) is 1. The SMILES string of the molecule is CNC(=O)Oc1ccccc1SCC=C(C)C. The molecule has 1 amide bonds. The third-order valence-electron chi connectivity index (χ3n) is 1.99. The van der Waals surface area contributed by atoms with Crippen molar-refractivity contribution in [2.24, 2.45) is 0 Å². The zero-order chi connectivity index (χ0) is 12.7. The fourth-order valence-electron chi connectivity index (χ4n) is 1.10. The molecule has 17 heavy (non-hydrogen) atoms. The lowest BCUT2D eigenvalue weighted by molar-refractivity contribution is 0.202. The van der Waals surface area contributed by atoms with Gasteiger partial charge in [-0.05, 0) is 26.0 Å². The molecular weight excluding hydrogens is 234 g/mol. The van der Waals surface area contributed by atoms with E-state index in [2.05, 4.69) is 25.2 Å². The molecule has 0 fully saturated rings. The molecule has 1 aromatic carbocycles. The van der Waals surface area contributed by atoms with Gasteiger partial charge in [-0.15, -0.1) is 11.8 Å². The van der Waals surface area contributed by atoms with Crippen molar-refractivity contribution in [2.45, 2.75) is 18.7 Å². The van der Waals surface area contributed by atoms with Crippen LogP contribution in [0.15, 0.2) is 40.8 Å². The number of rotatable bonds is 4. The molecule has 0 aliphatic rings. The summed E-state index contributed by atoms with van der Waals surface area (Å²) in [5.74, 6) is 1.47. The smallest absolute Gasteiger partial charge is 0.409 e. The molecule has 92 valence electrons. The fourth-order valence-corrected chi connectivity index (χ4v) is 2.13. The van der Waals surface area contributed by atoms with Gasteiger partial charge in [0.05, 0.1) is 4.90 Å². The molecule has 0 saturated carbocycles. The van der Waals surface area contributed by atoms with Gasteiger partial charge in [0, 0.05) is 12.8 Å². The highest BCUT2D eigenvalue weighted by Crippen LogP contribution is 2.29. The van der Waals surface area contributed by atoms with E-state index in [0.717, 1.165) is 10.6 Å². The van der Waals surface area contributed by atoms with Crippen molar-refractivity contribution in [1.82, 2.24) is 5.32 Å². The number of carbonyl (C=O) groups is 1. The van der Waals surface area contributed by atoms with Gasteiger partial charge in [0.15, 0.2) is 0 Å². The van der Waals surface area contributed by atoms with Crippen LogP contribution in [0.1, 0.15) is 13.8 Å². The van der Waals surface area contributed by atoms with E-state index in [1.165, 1.54) is 5.57 Å². The molecule has 0 aromatic heterocycles. The van der Waals surface area contributed by atoms with Gasteiger partial charge in [0.25, 0.3) is 0 Å². The van der Waals surface area contributed by atoms with Crippen molar-refractivity contribution in [1.29, 1.82) is 0 Å². The van der Waals surface area contributed by atoms with Crippen molar-refractivity contribution >= 4 is 17.9 Å². The van der Waals surface area contributed by atoms with Crippen LogP contribution in [0.5, 0.6) is 5.75 Å². The Labute approximate surface area is 106 Å². The summed E-state index contributed by atoms with van der Waals surface area (Å²) in [5, 5.41) is 2.43. The van der Waals surface area contributed by atoms with Gasteiger partial charge in [-0.3, -0.25) is 0 Å². The van der Waals surface area contributed by atoms with Crippen LogP contribution < -0.4 is 10.1 Å². The van der Waals surface area contributed by atoms with E-state index < -0.39 is 6.09 Å². The molecule has 1 aromatic rings. The van der Waals surface area contributed by atoms with Crippen LogP contribution in [0, 0.1) is 0 Å². The van der Waals surface area contributed by atoms with E-state index in [-0.39, 0.29) is 0 Å². The molecule has 0 aliphatic heterocycles. The van der Waals surface area contributed by atoms with Gasteiger partial charge in [-0.25, -0.2) is 4.79 Å². The molecule has 0 bridgehead atoms. The first kappa shape index (κ1) is 13.6. The quantitative estimate of drug-likeness (QED) is 0.658. The summed E-state index contributed by atoms with van der Waals surface area (Å²) in [7, 11) is 1.54. The minimum Gasteiger partial charge on any atom is -0.409 e. The van der Waals surface area contributed by atoms with Crippen molar-refractivity contribution in [2.75, 3.05) is 12.8 Å². The Kier molecular flexibility index (Phi) is 5.63. The number of allylic oxidation sites excluding steroid dienone is 1. The normalized spacial score (nSPS) is 9.59. The Balaban J connectivity index is 2.70. The Hall–Kier alpha value is -1.42. The molecule has 1 N–H and O–H groups in total. The van der Waals surface area contributed by atoms with Gasteiger partial charge >= 0.3 is 6.09 Å². The number of carbonyl (C=O) groups excluding carboxylic acids is 1. The van der Waals surface area contributed by atoms with Crippen LogP contribution in [-0.4, -0.2) is 18.9 Å². The highest BCUT2D eigenvalue weighted by atomic mass is 32.2. The van der Waals surface area contributed by atoms with Crippen LogP contribution in [0.25, 0.3) is 0 Å². The number of ether oxygens (including phenoxy) is 1. The fraction of sp³-hybridized carbons (Fsp3) is 0.308. The average molecular weight is 251 g/mol. The second kappa shape index (κ2) is 7.01. The monoisotopic (exact) mass is 251 g/mol. The van der Waals surface area contributed by atoms with Crippen LogP contribution in [0.2, 0.25) is 0 Å². The Morgan fingerprint density at radius 3 is 2.76 bits per heavy atom. The van der Waals surface area contributed by atoms with Gasteiger partial charge in [0.1, 0.15) is 5.75 Å². The van der Waals surface area contributed by atoms with E-state index in [1.54, 1.807) is 24.9 Å². The summed E-state index contributed by atoms with van der Waals surface area (Å²) in [4.78, 5) is 12.1. The lowest BCUT2D eigenvalue weighted by Crippen LogP contribution is -2.22. The zero-order valence-electron chi connectivity index (χ0n) is 10.3. The third-order valence-corrected chi connectivity index (χ3v) is 2.97. The standard InChI is InChI=1S/C13H17NO2S/c1-10(2)8-9-17-12-7-5-4-6-11(12)16-13(15)14-3/h4-8H,9H2,1-3H3,(H,14,15). The molecule has 4 heteroatoms. The summed E-state index contributed by atoms with van der Waals surface area (Å²) in [5.41, 5.74) is 1.28. The molecule has 0 aliphatic carbocycles. The van der Waals surface area contributed by atoms with E-state index >= 15 is 0 Å². The number of para-hydroxylation sites is 1. The molecule has 0 heterocycles. The van der Waals surface area contributed by atoms with Crippen molar-refractivity contribution in [3.05, 3.63) is 35.9 Å². The number of hydrogen-bond donors (Lipinski definition) is 1. The average Bonchev–Trinajstić information content (AvgIpc) is 2.30. The predicted molar refractivity (Wildman–Crippen MR) is 71.7 cm³/mol. The number of benzene rings is 1. The van der Waals surface area contributed by atoms with Crippen molar-refractivity contribution in [3.63, 3.8) is 0 Å². The molecule has 3 nitrogen and oxygen atoms in total. The topological polar surface area (TPSA) is 38.3 Å². The number of thioether (sulfide) groups is 1. The second-order valence-corrected chi connectivity index (χ2v) is 4.74. The van der Waals surface area contributed by atoms with Crippen LogP contribution >= 0.6 is 11.8 Å². The third kappa shape index (κ3) is 4.95. The largest absolute Gasteiger partial charge is 0.412 e. The van der Waals surface area contributed by atoms with Crippen LogP contribution in [0.4, 0.5) is 4.79 Å². The van der Waals surface area contributed by atoms with Crippen molar-refractivity contribution in [3.8, 4) is 5.75 Å².